The predicted molar refractivity (Wildman–Crippen MR) is 93.4 cm³/mol. The molecule has 6 nitrogen and oxygen atoms in total. The minimum Gasteiger partial charge on any atom is -0.379 e. The Labute approximate surface area is 144 Å². The van der Waals surface area contributed by atoms with Gasteiger partial charge in [-0.25, -0.2) is 0 Å². The molecule has 2 fully saturated rings. The molecule has 1 saturated carbocycles. The van der Waals surface area contributed by atoms with E-state index >= 15 is 0 Å². The average Bonchev–Trinajstić information content (AvgIpc) is 3.25. The summed E-state index contributed by atoms with van der Waals surface area (Å²) in [6.07, 6.45) is 2.38. The van der Waals surface area contributed by atoms with Gasteiger partial charge in [-0.1, -0.05) is 0 Å². The van der Waals surface area contributed by atoms with Crippen molar-refractivity contribution in [2.45, 2.75) is 58.0 Å². The molecule has 0 bridgehead atoms. The topological polar surface area (TPSA) is 59.4 Å². The maximum atomic E-state index is 12.8. The van der Waals surface area contributed by atoms with Crippen LogP contribution in [0.3, 0.4) is 0 Å². The standard InChI is InChI=1S/C18H30N4O2/c1-13(12-21-7-9-24-10-8-21)19-17(23)16-11-15(14-5-6-14)20-22(16)18(2,3)4/h11,13-14H,5-10,12H2,1-4H3,(H,19,23)/t13-/m1/s1. The highest BCUT2D eigenvalue weighted by molar-refractivity contribution is 5.93. The number of amides is 1. The van der Waals surface area contributed by atoms with Gasteiger partial charge in [-0.15, -0.1) is 0 Å². The van der Waals surface area contributed by atoms with E-state index in [0.717, 1.165) is 38.5 Å². The van der Waals surface area contributed by atoms with Crippen LogP contribution in [0.25, 0.3) is 0 Å². The Morgan fingerprint density at radius 3 is 2.62 bits per heavy atom. The van der Waals surface area contributed by atoms with E-state index in [1.165, 1.54) is 12.8 Å². The molecule has 1 aliphatic heterocycles. The van der Waals surface area contributed by atoms with Crippen molar-refractivity contribution in [3.63, 3.8) is 0 Å². The first kappa shape index (κ1) is 17.4. The number of hydrogen-bond donors (Lipinski definition) is 1. The molecule has 1 aliphatic carbocycles. The number of ether oxygens (including phenoxy) is 1. The zero-order valence-corrected chi connectivity index (χ0v) is 15.3. The van der Waals surface area contributed by atoms with Gasteiger partial charge in [-0.05, 0) is 46.6 Å². The number of nitrogens with one attached hydrogen (secondary N) is 1. The lowest BCUT2D eigenvalue weighted by atomic mass is 10.1. The number of carbonyl (C=O) groups is 1. The van der Waals surface area contributed by atoms with Gasteiger partial charge in [-0.3, -0.25) is 14.4 Å². The second kappa shape index (κ2) is 6.84. The van der Waals surface area contributed by atoms with Crippen LogP contribution >= 0.6 is 0 Å². The van der Waals surface area contributed by atoms with E-state index in [1.807, 2.05) is 10.7 Å². The van der Waals surface area contributed by atoms with Crippen molar-refractivity contribution in [1.29, 1.82) is 0 Å². The van der Waals surface area contributed by atoms with Crippen molar-refractivity contribution in [3.8, 4) is 0 Å². The van der Waals surface area contributed by atoms with Crippen LogP contribution in [0, 0.1) is 0 Å². The predicted octanol–water partition coefficient (Wildman–Crippen LogP) is 1.97. The molecule has 24 heavy (non-hydrogen) atoms. The third-order valence-electron chi connectivity index (χ3n) is 4.61. The molecule has 1 saturated heterocycles. The molecular formula is C18H30N4O2. The molecule has 134 valence electrons. The van der Waals surface area contributed by atoms with Crippen LogP contribution in [0.4, 0.5) is 0 Å². The van der Waals surface area contributed by atoms with Crippen LogP contribution in [0.1, 0.15) is 62.6 Å². The number of carbonyl (C=O) groups excluding carboxylic acids is 1. The normalized spacial score (nSPS) is 20.8. The molecule has 6 heteroatoms. The van der Waals surface area contributed by atoms with Crippen molar-refractivity contribution in [3.05, 3.63) is 17.5 Å². The molecule has 2 aliphatic rings. The van der Waals surface area contributed by atoms with Gasteiger partial charge in [0.2, 0.25) is 0 Å². The van der Waals surface area contributed by atoms with Crippen LogP contribution in [-0.2, 0) is 10.3 Å². The Balaban J connectivity index is 1.67. The second-order valence-corrected chi connectivity index (χ2v) is 8.10. The summed E-state index contributed by atoms with van der Waals surface area (Å²) >= 11 is 0. The Morgan fingerprint density at radius 1 is 1.38 bits per heavy atom. The third-order valence-corrected chi connectivity index (χ3v) is 4.61. The highest BCUT2D eigenvalue weighted by Crippen LogP contribution is 2.40. The lowest BCUT2D eigenvalue weighted by Crippen LogP contribution is -2.46. The van der Waals surface area contributed by atoms with Gasteiger partial charge in [0, 0.05) is 31.6 Å². The minimum absolute atomic E-state index is 0.0231. The number of rotatable bonds is 5. The first-order valence-corrected chi connectivity index (χ1v) is 9.06. The molecule has 0 spiro atoms. The molecule has 1 N–H and O–H groups in total. The number of morpholine rings is 1. The lowest BCUT2D eigenvalue weighted by Gasteiger charge is -2.29. The molecule has 2 heterocycles. The smallest absolute Gasteiger partial charge is 0.269 e. The largest absolute Gasteiger partial charge is 0.379 e. The van der Waals surface area contributed by atoms with Crippen LogP contribution in [-0.4, -0.2) is 59.5 Å². The number of nitrogens with zero attached hydrogens (tertiary/aromatic N) is 3. The fourth-order valence-electron chi connectivity index (χ4n) is 3.17. The summed E-state index contributed by atoms with van der Waals surface area (Å²) in [4.78, 5) is 15.1. The summed E-state index contributed by atoms with van der Waals surface area (Å²) in [5, 5.41) is 7.86. The van der Waals surface area contributed by atoms with E-state index in [2.05, 4.69) is 37.9 Å². The summed E-state index contributed by atoms with van der Waals surface area (Å²) in [7, 11) is 0. The number of aromatic nitrogens is 2. The van der Waals surface area contributed by atoms with Crippen molar-refractivity contribution in [2.75, 3.05) is 32.8 Å². The Bertz CT molecular complexity index is 580. The maximum absolute atomic E-state index is 12.8. The molecule has 0 radical (unpaired) electrons. The zero-order valence-electron chi connectivity index (χ0n) is 15.3. The molecule has 3 rings (SSSR count). The van der Waals surface area contributed by atoms with Gasteiger partial charge in [0.1, 0.15) is 5.69 Å². The van der Waals surface area contributed by atoms with Crippen LogP contribution in [0.2, 0.25) is 0 Å². The summed E-state index contributed by atoms with van der Waals surface area (Å²) in [6.45, 7) is 12.6. The molecule has 0 unspecified atom stereocenters. The molecule has 0 aromatic carbocycles. The van der Waals surface area contributed by atoms with E-state index in [0.29, 0.717) is 11.6 Å². The highest BCUT2D eigenvalue weighted by Gasteiger charge is 2.31. The zero-order chi connectivity index (χ0) is 17.3. The fraction of sp³-hybridized carbons (Fsp3) is 0.778. The van der Waals surface area contributed by atoms with Crippen molar-refractivity contribution in [1.82, 2.24) is 20.0 Å². The molecule has 1 amide bonds. The number of hydrogen-bond acceptors (Lipinski definition) is 4. The quantitative estimate of drug-likeness (QED) is 0.894. The van der Waals surface area contributed by atoms with E-state index in [-0.39, 0.29) is 17.5 Å². The molecule has 1 aromatic rings. The van der Waals surface area contributed by atoms with Crippen molar-refractivity contribution >= 4 is 5.91 Å². The summed E-state index contributed by atoms with van der Waals surface area (Å²) < 4.78 is 7.26. The fourth-order valence-corrected chi connectivity index (χ4v) is 3.17. The van der Waals surface area contributed by atoms with Crippen molar-refractivity contribution in [2.24, 2.45) is 0 Å². The average molecular weight is 334 g/mol. The van der Waals surface area contributed by atoms with Gasteiger partial charge in [0.15, 0.2) is 0 Å². The van der Waals surface area contributed by atoms with E-state index in [4.69, 9.17) is 9.84 Å². The van der Waals surface area contributed by atoms with Crippen LogP contribution in [0.5, 0.6) is 0 Å². The van der Waals surface area contributed by atoms with Gasteiger partial charge in [0.05, 0.1) is 24.4 Å². The van der Waals surface area contributed by atoms with Gasteiger partial charge in [0.25, 0.3) is 5.91 Å². The van der Waals surface area contributed by atoms with Gasteiger partial charge >= 0.3 is 0 Å². The lowest BCUT2D eigenvalue weighted by molar-refractivity contribution is 0.0342. The minimum atomic E-state index is -0.201. The van der Waals surface area contributed by atoms with Crippen molar-refractivity contribution < 1.29 is 9.53 Å². The van der Waals surface area contributed by atoms with Crippen LogP contribution < -0.4 is 5.32 Å². The Morgan fingerprint density at radius 2 is 2.04 bits per heavy atom. The van der Waals surface area contributed by atoms with Gasteiger partial charge in [-0.2, -0.15) is 5.10 Å². The summed E-state index contributed by atoms with van der Waals surface area (Å²) in [5.41, 5.74) is 1.54. The SMILES string of the molecule is C[C@H](CN1CCOCC1)NC(=O)c1cc(C2CC2)nn1C(C)(C)C. The second-order valence-electron chi connectivity index (χ2n) is 8.10. The Hall–Kier alpha value is -1.40. The first-order chi connectivity index (χ1) is 11.3. The monoisotopic (exact) mass is 334 g/mol. The molecular weight excluding hydrogens is 304 g/mol. The maximum Gasteiger partial charge on any atom is 0.269 e. The first-order valence-electron chi connectivity index (χ1n) is 9.06. The molecule has 1 aromatic heterocycles. The summed E-state index contributed by atoms with van der Waals surface area (Å²) in [6, 6.07) is 2.09. The third kappa shape index (κ3) is 4.16. The van der Waals surface area contributed by atoms with Crippen LogP contribution in [0.15, 0.2) is 6.07 Å². The summed E-state index contributed by atoms with van der Waals surface area (Å²) in [5.74, 6) is 0.524. The van der Waals surface area contributed by atoms with E-state index in [9.17, 15) is 4.79 Å². The highest BCUT2D eigenvalue weighted by atomic mass is 16.5. The Kier molecular flexibility index (Phi) is 4.97. The van der Waals surface area contributed by atoms with E-state index < -0.39 is 0 Å². The van der Waals surface area contributed by atoms with E-state index in [1.54, 1.807) is 0 Å². The molecule has 1 atom stereocenters. The van der Waals surface area contributed by atoms with Gasteiger partial charge < -0.3 is 10.1 Å².